The maximum atomic E-state index is 5.47. The van der Waals surface area contributed by atoms with Crippen LogP contribution in [0.4, 0.5) is 0 Å². The molecule has 1 saturated heterocycles. The van der Waals surface area contributed by atoms with Crippen LogP contribution in [0.2, 0.25) is 0 Å². The van der Waals surface area contributed by atoms with E-state index in [-0.39, 0.29) is 0 Å². The van der Waals surface area contributed by atoms with Gasteiger partial charge in [-0.2, -0.15) is 0 Å². The molecule has 1 aliphatic rings. The molecule has 0 bridgehead atoms. The quantitative estimate of drug-likeness (QED) is 0.903. The first kappa shape index (κ1) is 11.3. The lowest BCUT2D eigenvalue weighted by Gasteiger charge is -2.26. The lowest BCUT2D eigenvalue weighted by Crippen LogP contribution is -2.46. The molecule has 1 fully saturated rings. The first-order valence-electron chi connectivity index (χ1n) is 5.00. The highest BCUT2D eigenvalue weighted by Crippen LogP contribution is 2.21. The first-order chi connectivity index (χ1) is 7.24. The van der Waals surface area contributed by atoms with E-state index >= 15 is 0 Å². The van der Waals surface area contributed by atoms with Crippen molar-refractivity contribution < 1.29 is 4.74 Å². The van der Waals surface area contributed by atoms with Crippen LogP contribution in [0.25, 0.3) is 6.08 Å². The molecule has 2 unspecified atom stereocenters. The van der Waals surface area contributed by atoms with E-state index in [9.17, 15) is 0 Å². The summed E-state index contributed by atoms with van der Waals surface area (Å²) < 4.78 is 6.62. The Balaban J connectivity index is 1.93. The smallest absolute Gasteiger partial charge is 0.0656 e. The second kappa shape index (κ2) is 5.25. The predicted molar refractivity (Wildman–Crippen MR) is 68.3 cm³/mol. The summed E-state index contributed by atoms with van der Waals surface area (Å²) in [5.74, 6) is 0. The van der Waals surface area contributed by atoms with Gasteiger partial charge in [0.1, 0.15) is 0 Å². The Morgan fingerprint density at radius 3 is 3.13 bits per heavy atom. The molecule has 1 N–H and O–H groups in total. The van der Waals surface area contributed by atoms with Gasteiger partial charge in [-0.15, -0.1) is 11.3 Å². The molecule has 2 nitrogen and oxygen atoms in total. The van der Waals surface area contributed by atoms with E-state index in [4.69, 9.17) is 4.74 Å². The normalized spacial score (nSPS) is 27.3. The molecule has 0 amide bonds. The summed E-state index contributed by atoms with van der Waals surface area (Å²) in [4.78, 5) is 1.27. The second-order valence-corrected chi connectivity index (χ2v) is 5.60. The summed E-state index contributed by atoms with van der Waals surface area (Å²) >= 11 is 5.18. The van der Waals surface area contributed by atoms with Crippen LogP contribution in [-0.4, -0.2) is 25.3 Å². The molecule has 2 heterocycles. The number of thiophene rings is 1. The van der Waals surface area contributed by atoms with Gasteiger partial charge in [-0.25, -0.2) is 0 Å². The van der Waals surface area contributed by atoms with Gasteiger partial charge in [-0.1, -0.05) is 6.08 Å². The fraction of sp³-hybridized carbons (Fsp3) is 0.455. The SMILES string of the molecule is CC1COCC(/C=C/c2cc(Br)cs2)N1. The molecule has 0 spiro atoms. The molecule has 0 radical (unpaired) electrons. The molecule has 1 aromatic rings. The Morgan fingerprint density at radius 1 is 1.60 bits per heavy atom. The van der Waals surface area contributed by atoms with Crippen molar-refractivity contribution >= 4 is 33.3 Å². The maximum absolute atomic E-state index is 5.47. The fourth-order valence-electron chi connectivity index (χ4n) is 1.57. The minimum Gasteiger partial charge on any atom is -0.378 e. The third-order valence-electron chi connectivity index (χ3n) is 2.24. The lowest BCUT2D eigenvalue weighted by molar-refractivity contribution is 0.0637. The molecule has 1 aliphatic heterocycles. The Bertz CT molecular complexity index is 350. The van der Waals surface area contributed by atoms with E-state index in [1.807, 2.05) is 0 Å². The zero-order valence-corrected chi connectivity index (χ0v) is 11.0. The highest BCUT2D eigenvalue weighted by Gasteiger charge is 2.15. The van der Waals surface area contributed by atoms with E-state index in [1.54, 1.807) is 11.3 Å². The van der Waals surface area contributed by atoms with Gasteiger partial charge in [-0.05, 0) is 35.0 Å². The van der Waals surface area contributed by atoms with Crippen LogP contribution in [0.1, 0.15) is 11.8 Å². The zero-order chi connectivity index (χ0) is 10.7. The topological polar surface area (TPSA) is 21.3 Å². The summed E-state index contributed by atoms with van der Waals surface area (Å²) in [7, 11) is 0. The van der Waals surface area contributed by atoms with Gasteiger partial charge in [0.05, 0.1) is 13.2 Å². The largest absolute Gasteiger partial charge is 0.378 e. The van der Waals surface area contributed by atoms with Crippen LogP contribution in [0.3, 0.4) is 0 Å². The minimum absolute atomic E-state index is 0.342. The summed E-state index contributed by atoms with van der Waals surface area (Å²) in [6.45, 7) is 3.73. The van der Waals surface area contributed by atoms with E-state index in [1.165, 1.54) is 4.88 Å². The van der Waals surface area contributed by atoms with Crippen LogP contribution < -0.4 is 5.32 Å². The van der Waals surface area contributed by atoms with Crippen LogP contribution in [0.5, 0.6) is 0 Å². The Hall–Kier alpha value is -0.160. The van der Waals surface area contributed by atoms with Crippen molar-refractivity contribution in [3.63, 3.8) is 0 Å². The number of nitrogens with one attached hydrogen (secondary N) is 1. The first-order valence-corrected chi connectivity index (χ1v) is 6.67. The minimum atomic E-state index is 0.342. The van der Waals surface area contributed by atoms with E-state index in [2.05, 4.69) is 51.8 Å². The average Bonchev–Trinajstić information content (AvgIpc) is 2.62. The molecular formula is C11H14BrNOS. The van der Waals surface area contributed by atoms with E-state index < -0.39 is 0 Å². The Morgan fingerprint density at radius 2 is 2.47 bits per heavy atom. The van der Waals surface area contributed by atoms with E-state index in [0.29, 0.717) is 12.1 Å². The molecule has 2 atom stereocenters. The molecule has 1 aromatic heterocycles. The molecule has 15 heavy (non-hydrogen) atoms. The average molecular weight is 288 g/mol. The number of hydrogen-bond acceptors (Lipinski definition) is 3. The van der Waals surface area contributed by atoms with Crippen LogP contribution in [-0.2, 0) is 4.74 Å². The molecule has 0 saturated carbocycles. The van der Waals surface area contributed by atoms with Gasteiger partial charge in [0.2, 0.25) is 0 Å². The summed E-state index contributed by atoms with van der Waals surface area (Å²) in [6, 6.07) is 2.91. The Labute approximate surface area is 102 Å². The number of halogens is 1. The lowest BCUT2D eigenvalue weighted by atomic mass is 10.2. The van der Waals surface area contributed by atoms with Crippen LogP contribution in [0, 0.1) is 0 Å². The van der Waals surface area contributed by atoms with Crippen molar-refractivity contribution in [1.29, 1.82) is 0 Å². The third-order valence-corrected chi connectivity index (χ3v) is 3.90. The Kier molecular flexibility index (Phi) is 3.97. The molecule has 0 aromatic carbocycles. The van der Waals surface area contributed by atoms with Crippen molar-refractivity contribution in [2.75, 3.05) is 13.2 Å². The van der Waals surface area contributed by atoms with Crippen LogP contribution >= 0.6 is 27.3 Å². The second-order valence-electron chi connectivity index (χ2n) is 3.74. The molecular weight excluding hydrogens is 274 g/mol. The monoisotopic (exact) mass is 287 g/mol. The molecule has 2 rings (SSSR count). The van der Waals surface area contributed by atoms with E-state index in [0.717, 1.165) is 17.7 Å². The summed E-state index contributed by atoms with van der Waals surface area (Å²) in [6.07, 6.45) is 4.32. The predicted octanol–water partition coefficient (Wildman–Crippen LogP) is 2.90. The number of ether oxygens (including phenoxy) is 1. The fourth-order valence-corrected chi connectivity index (χ4v) is 2.92. The summed E-state index contributed by atoms with van der Waals surface area (Å²) in [5, 5.41) is 5.56. The highest BCUT2D eigenvalue weighted by molar-refractivity contribution is 9.10. The van der Waals surface area contributed by atoms with Gasteiger partial charge < -0.3 is 10.1 Å². The van der Waals surface area contributed by atoms with Crippen molar-refractivity contribution in [3.8, 4) is 0 Å². The van der Waals surface area contributed by atoms with Gasteiger partial charge in [0.15, 0.2) is 0 Å². The molecule has 82 valence electrons. The van der Waals surface area contributed by atoms with Crippen molar-refractivity contribution in [1.82, 2.24) is 5.32 Å². The van der Waals surface area contributed by atoms with Crippen molar-refractivity contribution in [3.05, 3.63) is 26.9 Å². The number of morpholine rings is 1. The molecule has 4 heteroatoms. The van der Waals surface area contributed by atoms with Gasteiger partial charge in [0, 0.05) is 26.8 Å². The van der Waals surface area contributed by atoms with Gasteiger partial charge in [0.25, 0.3) is 0 Å². The number of rotatable bonds is 2. The molecule has 0 aliphatic carbocycles. The number of hydrogen-bond donors (Lipinski definition) is 1. The van der Waals surface area contributed by atoms with Gasteiger partial charge >= 0.3 is 0 Å². The summed E-state index contributed by atoms with van der Waals surface area (Å²) in [5.41, 5.74) is 0. The van der Waals surface area contributed by atoms with Crippen molar-refractivity contribution in [2.24, 2.45) is 0 Å². The maximum Gasteiger partial charge on any atom is 0.0656 e. The third kappa shape index (κ3) is 3.41. The zero-order valence-electron chi connectivity index (χ0n) is 8.57. The standard InChI is InChI=1S/C11H14BrNOS/c1-8-5-14-6-10(13-8)2-3-11-4-9(12)7-15-11/h2-4,7-8,10,13H,5-6H2,1H3/b3-2+. The highest BCUT2D eigenvalue weighted by atomic mass is 79.9. The van der Waals surface area contributed by atoms with Crippen LogP contribution in [0.15, 0.2) is 22.0 Å². The van der Waals surface area contributed by atoms with Crippen molar-refractivity contribution in [2.45, 2.75) is 19.0 Å². The van der Waals surface area contributed by atoms with Gasteiger partial charge in [-0.3, -0.25) is 0 Å².